The number of aromatic nitrogens is 2. The van der Waals surface area contributed by atoms with Crippen molar-refractivity contribution in [1.29, 1.82) is 0 Å². The highest BCUT2D eigenvalue weighted by Crippen LogP contribution is 2.22. The van der Waals surface area contributed by atoms with Crippen LogP contribution >= 0.6 is 34.2 Å². The summed E-state index contributed by atoms with van der Waals surface area (Å²) in [5, 5.41) is 7.78. The standard InChI is InChI=1S/C13H13ClIN3O/c1-3-9-7-12(18(2)17-9)13(19)16-11-5-4-8(14)6-10(11)15/h4-7H,3H2,1-2H3,(H,16,19). The predicted octanol–water partition coefficient (Wildman–Crippen LogP) is 3.49. The fraction of sp³-hybridized carbons (Fsp3) is 0.231. The van der Waals surface area contributed by atoms with Gasteiger partial charge >= 0.3 is 0 Å². The molecule has 19 heavy (non-hydrogen) atoms. The monoisotopic (exact) mass is 389 g/mol. The van der Waals surface area contributed by atoms with Crippen LogP contribution in [0.4, 0.5) is 5.69 Å². The van der Waals surface area contributed by atoms with Crippen LogP contribution < -0.4 is 5.32 Å². The first kappa shape index (κ1) is 14.3. The maximum atomic E-state index is 12.2. The highest BCUT2D eigenvalue weighted by Gasteiger charge is 2.14. The summed E-state index contributed by atoms with van der Waals surface area (Å²) in [4.78, 5) is 12.2. The van der Waals surface area contributed by atoms with Gasteiger partial charge in [0.15, 0.2) is 0 Å². The summed E-state index contributed by atoms with van der Waals surface area (Å²) in [6, 6.07) is 7.15. The fourth-order valence-electron chi connectivity index (χ4n) is 1.69. The summed E-state index contributed by atoms with van der Waals surface area (Å²) in [5.41, 5.74) is 2.19. The summed E-state index contributed by atoms with van der Waals surface area (Å²) in [6.45, 7) is 2.01. The Balaban J connectivity index is 2.23. The quantitative estimate of drug-likeness (QED) is 0.817. The number of benzene rings is 1. The number of hydrogen-bond donors (Lipinski definition) is 1. The minimum absolute atomic E-state index is 0.171. The molecular formula is C13H13ClIN3O. The number of carbonyl (C=O) groups excluding carboxylic acids is 1. The Labute approximate surface area is 130 Å². The molecule has 0 unspecified atom stereocenters. The van der Waals surface area contributed by atoms with E-state index in [1.54, 1.807) is 36.0 Å². The summed E-state index contributed by atoms with van der Waals surface area (Å²) in [7, 11) is 1.76. The molecule has 0 aliphatic rings. The van der Waals surface area contributed by atoms with Crippen molar-refractivity contribution in [3.63, 3.8) is 0 Å². The van der Waals surface area contributed by atoms with Crippen molar-refractivity contribution >= 4 is 45.8 Å². The van der Waals surface area contributed by atoms with Crippen LogP contribution in [0.1, 0.15) is 23.1 Å². The van der Waals surface area contributed by atoms with Crippen molar-refractivity contribution in [1.82, 2.24) is 9.78 Å². The number of rotatable bonds is 3. The summed E-state index contributed by atoms with van der Waals surface area (Å²) in [5.74, 6) is -0.171. The highest BCUT2D eigenvalue weighted by atomic mass is 127. The lowest BCUT2D eigenvalue weighted by atomic mass is 10.2. The Hall–Kier alpha value is -1.08. The molecule has 6 heteroatoms. The maximum Gasteiger partial charge on any atom is 0.273 e. The normalized spacial score (nSPS) is 10.5. The third kappa shape index (κ3) is 3.27. The molecule has 0 aliphatic heterocycles. The van der Waals surface area contributed by atoms with Crippen LogP contribution in [0.25, 0.3) is 0 Å². The van der Waals surface area contributed by atoms with Gasteiger partial charge in [-0.2, -0.15) is 5.10 Å². The molecule has 1 heterocycles. The lowest BCUT2D eigenvalue weighted by molar-refractivity contribution is 0.101. The number of nitrogens with one attached hydrogen (secondary N) is 1. The SMILES string of the molecule is CCc1cc(C(=O)Nc2ccc(Cl)cc2I)n(C)n1. The number of amides is 1. The lowest BCUT2D eigenvalue weighted by Crippen LogP contribution is -2.16. The van der Waals surface area contributed by atoms with E-state index in [4.69, 9.17) is 11.6 Å². The largest absolute Gasteiger partial charge is 0.320 e. The molecule has 0 spiro atoms. The molecule has 0 saturated heterocycles. The highest BCUT2D eigenvalue weighted by molar-refractivity contribution is 14.1. The Morgan fingerprint density at radius 3 is 2.79 bits per heavy atom. The molecular weight excluding hydrogens is 377 g/mol. The average molecular weight is 390 g/mol. The van der Waals surface area contributed by atoms with E-state index in [0.29, 0.717) is 10.7 Å². The van der Waals surface area contributed by atoms with Gasteiger partial charge in [0.05, 0.1) is 11.4 Å². The van der Waals surface area contributed by atoms with Crippen LogP contribution in [0.2, 0.25) is 5.02 Å². The van der Waals surface area contributed by atoms with Gasteiger partial charge in [-0.3, -0.25) is 9.48 Å². The Morgan fingerprint density at radius 1 is 1.47 bits per heavy atom. The molecule has 2 rings (SSSR count). The lowest BCUT2D eigenvalue weighted by Gasteiger charge is -2.07. The van der Waals surface area contributed by atoms with Crippen molar-refractivity contribution in [3.05, 3.63) is 44.2 Å². The first-order valence-corrected chi connectivity index (χ1v) is 7.26. The molecule has 0 saturated carbocycles. The van der Waals surface area contributed by atoms with Crippen molar-refractivity contribution in [2.24, 2.45) is 7.05 Å². The minimum Gasteiger partial charge on any atom is -0.320 e. The zero-order valence-electron chi connectivity index (χ0n) is 10.6. The number of halogens is 2. The number of nitrogens with zero attached hydrogens (tertiary/aromatic N) is 2. The molecule has 1 amide bonds. The molecule has 4 nitrogen and oxygen atoms in total. The average Bonchev–Trinajstić information content (AvgIpc) is 2.74. The molecule has 0 aliphatic carbocycles. The molecule has 2 aromatic rings. The second-order valence-corrected chi connectivity index (χ2v) is 5.67. The number of carbonyl (C=O) groups is 1. The third-order valence-electron chi connectivity index (χ3n) is 2.70. The van der Waals surface area contributed by atoms with Crippen LogP contribution in [0.5, 0.6) is 0 Å². The maximum absolute atomic E-state index is 12.2. The molecule has 0 bridgehead atoms. The summed E-state index contributed by atoms with van der Waals surface area (Å²) < 4.78 is 2.49. The predicted molar refractivity (Wildman–Crippen MR) is 84.7 cm³/mol. The molecule has 0 atom stereocenters. The topological polar surface area (TPSA) is 46.9 Å². The number of aryl methyl sites for hydroxylation is 2. The van der Waals surface area contributed by atoms with E-state index in [2.05, 4.69) is 33.0 Å². The van der Waals surface area contributed by atoms with E-state index in [1.165, 1.54) is 0 Å². The van der Waals surface area contributed by atoms with Gasteiger partial charge in [0.1, 0.15) is 5.69 Å². The van der Waals surface area contributed by atoms with E-state index in [1.807, 2.05) is 6.92 Å². The van der Waals surface area contributed by atoms with Gasteiger partial charge in [-0.05, 0) is 53.3 Å². The first-order chi connectivity index (χ1) is 9.01. The van der Waals surface area contributed by atoms with Gasteiger partial charge in [0, 0.05) is 15.6 Å². The van der Waals surface area contributed by atoms with Gasteiger partial charge in [-0.25, -0.2) is 0 Å². The van der Waals surface area contributed by atoms with Crippen molar-refractivity contribution in [2.75, 3.05) is 5.32 Å². The second kappa shape index (κ2) is 5.92. The fourth-order valence-corrected chi connectivity index (χ4v) is 2.70. The van der Waals surface area contributed by atoms with Gasteiger partial charge in [0.25, 0.3) is 5.91 Å². The van der Waals surface area contributed by atoms with Crippen molar-refractivity contribution in [3.8, 4) is 0 Å². The number of anilines is 1. The first-order valence-electron chi connectivity index (χ1n) is 5.80. The minimum atomic E-state index is -0.171. The Bertz CT molecular complexity index is 624. The molecule has 1 aromatic heterocycles. The van der Waals surface area contributed by atoms with Crippen molar-refractivity contribution < 1.29 is 4.79 Å². The van der Waals surface area contributed by atoms with Crippen LogP contribution in [0.3, 0.4) is 0 Å². The van der Waals surface area contributed by atoms with Crippen LogP contribution in [0.15, 0.2) is 24.3 Å². The molecule has 100 valence electrons. The van der Waals surface area contributed by atoms with Gasteiger partial charge in [-0.15, -0.1) is 0 Å². The summed E-state index contributed by atoms with van der Waals surface area (Å²) in [6.07, 6.45) is 0.805. The molecule has 0 radical (unpaired) electrons. The van der Waals surface area contributed by atoms with Gasteiger partial charge < -0.3 is 5.32 Å². The molecule has 1 aromatic carbocycles. The van der Waals surface area contributed by atoms with E-state index < -0.39 is 0 Å². The molecule has 0 fully saturated rings. The number of hydrogen-bond acceptors (Lipinski definition) is 2. The van der Waals surface area contributed by atoms with E-state index in [-0.39, 0.29) is 5.91 Å². The smallest absolute Gasteiger partial charge is 0.273 e. The van der Waals surface area contributed by atoms with Gasteiger partial charge in [0.2, 0.25) is 0 Å². The zero-order valence-corrected chi connectivity index (χ0v) is 13.5. The van der Waals surface area contributed by atoms with E-state index in [9.17, 15) is 4.79 Å². The second-order valence-electron chi connectivity index (χ2n) is 4.08. The van der Waals surface area contributed by atoms with E-state index >= 15 is 0 Å². The van der Waals surface area contributed by atoms with Crippen LogP contribution in [-0.4, -0.2) is 15.7 Å². The third-order valence-corrected chi connectivity index (χ3v) is 3.83. The van der Waals surface area contributed by atoms with Crippen LogP contribution in [0, 0.1) is 3.57 Å². The Morgan fingerprint density at radius 2 is 2.21 bits per heavy atom. The summed E-state index contributed by atoms with van der Waals surface area (Å²) >= 11 is 8.02. The van der Waals surface area contributed by atoms with Gasteiger partial charge in [-0.1, -0.05) is 18.5 Å². The zero-order chi connectivity index (χ0) is 14.0. The Kier molecular flexibility index (Phi) is 4.46. The molecule has 1 N–H and O–H groups in total. The van der Waals surface area contributed by atoms with E-state index in [0.717, 1.165) is 21.4 Å². The van der Waals surface area contributed by atoms with Crippen molar-refractivity contribution in [2.45, 2.75) is 13.3 Å². The van der Waals surface area contributed by atoms with Crippen LogP contribution in [-0.2, 0) is 13.5 Å².